The largest absolute Gasteiger partial charge is 0.305 e. The van der Waals surface area contributed by atoms with Gasteiger partial charge in [-0.2, -0.15) is 9.40 Å². The molecule has 1 N–H and O–H groups in total. The Balaban J connectivity index is 1.55. The molecular formula is C22H21Cl2FN4O3S. The minimum Gasteiger partial charge on any atom is -0.305 e. The number of hydrogen-bond acceptors (Lipinski definition) is 4. The van der Waals surface area contributed by atoms with E-state index in [9.17, 15) is 17.6 Å². The molecule has 1 aliphatic rings. The normalized spacial score (nSPS) is 14.9. The van der Waals surface area contributed by atoms with Crippen molar-refractivity contribution in [1.82, 2.24) is 14.1 Å². The van der Waals surface area contributed by atoms with E-state index in [1.54, 1.807) is 30.5 Å². The second-order valence-corrected chi connectivity index (χ2v) is 10.4. The first-order chi connectivity index (χ1) is 15.8. The van der Waals surface area contributed by atoms with E-state index in [2.05, 4.69) is 10.4 Å². The van der Waals surface area contributed by atoms with Crippen LogP contribution in [0.4, 0.5) is 10.2 Å². The van der Waals surface area contributed by atoms with Crippen LogP contribution in [0, 0.1) is 5.82 Å². The Kier molecular flexibility index (Phi) is 7.04. The van der Waals surface area contributed by atoms with Gasteiger partial charge in [0.2, 0.25) is 10.0 Å². The van der Waals surface area contributed by atoms with Gasteiger partial charge < -0.3 is 5.32 Å². The lowest BCUT2D eigenvalue weighted by atomic mass is 10.2. The van der Waals surface area contributed by atoms with Gasteiger partial charge in [-0.1, -0.05) is 47.8 Å². The molecule has 0 spiro atoms. The molecule has 11 heteroatoms. The summed E-state index contributed by atoms with van der Waals surface area (Å²) in [5, 5.41) is 6.79. The van der Waals surface area contributed by atoms with Crippen LogP contribution in [0.3, 0.4) is 0 Å². The molecule has 7 nitrogen and oxygen atoms in total. The van der Waals surface area contributed by atoms with Gasteiger partial charge in [0.1, 0.15) is 10.7 Å². The lowest BCUT2D eigenvalue weighted by molar-refractivity contribution is 0.102. The number of amides is 1. The van der Waals surface area contributed by atoms with Gasteiger partial charge in [-0.05, 0) is 31.0 Å². The molecule has 2 heterocycles. The number of aromatic nitrogens is 2. The van der Waals surface area contributed by atoms with E-state index in [0.29, 0.717) is 18.7 Å². The van der Waals surface area contributed by atoms with Crippen molar-refractivity contribution in [1.29, 1.82) is 0 Å². The van der Waals surface area contributed by atoms with Crippen LogP contribution in [0.2, 0.25) is 10.0 Å². The third kappa shape index (κ3) is 5.22. The van der Waals surface area contributed by atoms with Crippen molar-refractivity contribution in [2.24, 2.45) is 0 Å². The van der Waals surface area contributed by atoms with E-state index in [4.69, 9.17) is 23.2 Å². The number of benzene rings is 2. The second kappa shape index (κ2) is 9.80. The average Bonchev–Trinajstić information content (AvgIpc) is 3.22. The van der Waals surface area contributed by atoms with Gasteiger partial charge in [-0.3, -0.25) is 9.48 Å². The van der Waals surface area contributed by atoms with Gasteiger partial charge >= 0.3 is 0 Å². The highest BCUT2D eigenvalue weighted by Crippen LogP contribution is 2.32. The van der Waals surface area contributed by atoms with Crippen LogP contribution in [0.25, 0.3) is 0 Å². The van der Waals surface area contributed by atoms with Crippen LogP contribution >= 0.6 is 23.2 Å². The molecule has 0 atom stereocenters. The molecule has 1 saturated heterocycles. The van der Waals surface area contributed by atoms with Gasteiger partial charge in [0.15, 0.2) is 5.82 Å². The Labute approximate surface area is 201 Å². The smallest absolute Gasteiger partial charge is 0.258 e. The van der Waals surface area contributed by atoms with Crippen molar-refractivity contribution < 1.29 is 17.6 Å². The molecule has 1 fully saturated rings. The monoisotopic (exact) mass is 510 g/mol. The van der Waals surface area contributed by atoms with E-state index in [-0.39, 0.29) is 38.7 Å². The molecule has 1 aliphatic heterocycles. The summed E-state index contributed by atoms with van der Waals surface area (Å²) in [5.74, 6) is -0.778. The fourth-order valence-corrected chi connectivity index (χ4v) is 6.00. The van der Waals surface area contributed by atoms with E-state index < -0.39 is 15.9 Å². The molecule has 0 bridgehead atoms. The molecule has 0 radical (unpaired) electrons. The molecule has 0 aliphatic carbocycles. The maximum absolute atomic E-state index is 13.9. The zero-order valence-electron chi connectivity index (χ0n) is 17.5. The van der Waals surface area contributed by atoms with Crippen molar-refractivity contribution in [2.45, 2.75) is 30.7 Å². The fraction of sp³-hybridized carbons (Fsp3) is 0.273. The van der Waals surface area contributed by atoms with Gasteiger partial charge in [-0.15, -0.1) is 0 Å². The number of nitrogens with zero attached hydrogens (tertiary/aromatic N) is 3. The van der Waals surface area contributed by atoms with Crippen LogP contribution in [0.1, 0.15) is 35.2 Å². The van der Waals surface area contributed by atoms with Crippen LogP contribution in [0.5, 0.6) is 0 Å². The van der Waals surface area contributed by atoms with E-state index in [1.807, 2.05) is 0 Å². The fourth-order valence-electron chi connectivity index (χ4n) is 3.65. The number of carbonyl (C=O) groups is 1. The summed E-state index contributed by atoms with van der Waals surface area (Å²) in [6, 6.07) is 10.3. The molecule has 2 aromatic carbocycles. The van der Waals surface area contributed by atoms with Gasteiger partial charge in [0.25, 0.3) is 5.91 Å². The summed E-state index contributed by atoms with van der Waals surface area (Å²) in [6.45, 7) is 0.993. The Morgan fingerprint density at radius 3 is 2.52 bits per heavy atom. The third-order valence-electron chi connectivity index (χ3n) is 5.37. The van der Waals surface area contributed by atoms with Crippen LogP contribution in [-0.2, 0) is 16.6 Å². The number of sulfonamides is 1. The number of hydrogen-bond donors (Lipinski definition) is 1. The topological polar surface area (TPSA) is 84.3 Å². The quantitative estimate of drug-likeness (QED) is 0.515. The lowest BCUT2D eigenvalue weighted by Crippen LogP contribution is -2.35. The first-order valence-electron chi connectivity index (χ1n) is 10.3. The molecular weight excluding hydrogens is 490 g/mol. The van der Waals surface area contributed by atoms with Crippen LogP contribution in [0.15, 0.2) is 53.6 Å². The van der Waals surface area contributed by atoms with E-state index >= 15 is 0 Å². The van der Waals surface area contributed by atoms with Crippen LogP contribution < -0.4 is 5.32 Å². The highest BCUT2D eigenvalue weighted by atomic mass is 35.5. The molecule has 3 aromatic rings. The van der Waals surface area contributed by atoms with Crippen molar-refractivity contribution in [3.05, 3.63) is 75.7 Å². The van der Waals surface area contributed by atoms with Crippen molar-refractivity contribution in [2.75, 3.05) is 18.4 Å². The number of rotatable bonds is 6. The summed E-state index contributed by atoms with van der Waals surface area (Å²) in [5.41, 5.74) is 0.409. The summed E-state index contributed by atoms with van der Waals surface area (Å²) < 4.78 is 42.9. The lowest BCUT2D eigenvalue weighted by Gasteiger charge is -2.26. The van der Waals surface area contributed by atoms with Crippen molar-refractivity contribution in [3.8, 4) is 0 Å². The minimum atomic E-state index is -3.87. The van der Waals surface area contributed by atoms with Crippen molar-refractivity contribution >= 4 is 45.0 Å². The zero-order valence-corrected chi connectivity index (χ0v) is 19.8. The maximum Gasteiger partial charge on any atom is 0.258 e. The Hall–Kier alpha value is -2.46. The number of carbonyl (C=O) groups excluding carboxylic acids is 1. The first kappa shape index (κ1) is 23.7. The molecule has 4 rings (SSSR count). The van der Waals surface area contributed by atoms with E-state index in [0.717, 1.165) is 19.3 Å². The Morgan fingerprint density at radius 2 is 1.79 bits per heavy atom. The van der Waals surface area contributed by atoms with Gasteiger partial charge in [0.05, 0.1) is 22.2 Å². The van der Waals surface area contributed by atoms with Crippen LogP contribution in [-0.4, -0.2) is 41.5 Å². The molecule has 1 amide bonds. The standard InChI is InChI=1S/C22H21Cl2FN4O3S/c23-17-13-18(24)20(33(31,32)29-9-4-1-5-10-29)12-16(17)22(30)26-21-8-11-28(27-21)14-15-6-2-3-7-19(15)25/h2-3,6-8,11-13H,1,4-5,9-10,14H2,(H,26,27,30). The highest BCUT2D eigenvalue weighted by molar-refractivity contribution is 7.89. The number of halogens is 3. The van der Waals surface area contributed by atoms with Gasteiger partial charge in [-0.25, -0.2) is 12.8 Å². The Bertz CT molecular complexity index is 1290. The number of anilines is 1. The molecule has 1 aromatic heterocycles. The summed E-state index contributed by atoms with van der Waals surface area (Å²) in [7, 11) is -3.87. The molecule has 174 valence electrons. The molecule has 0 unspecified atom stereocenters. The number of nitrogens with one attached hydrogen (secondary N) is 1. The maximum atomic E-state index is 13.9. The third-order valence-corrected chi connectivity index (χ3v) is 8.05. The highest BCUT2D eigenvalue weighted by Gasteiger charge is 2.30. The summed E-state index contributed by atoms with van der Waals surface area (Å²) in [6.07, 6.45) is 4.11. The molecule has 0 saturated carbocycles. The predicted octanol–water partition coefficient (Wildman–Crippen LogP) is 4.80. The predicted molar refractivity (Wildman–Crippen MR) is 125 cm³/mol. The average molecular weight is 511 g/mol. The number of piperidine rings is 1. The Morgan fingerprint density at radius 1 is 1.06 bits per heavy atom. The molecule has 33 heavy (non-hydrogen) atoms. The summed E-state index contributed by atoms with van der Waals surface area (Å²) in [4.78, 5) is 12.7. The zero-order chi connectivity index (χ0) is 23.6. The first-order valence-corrected chi connectivity index (χ1v) is 12.5. The van der Waals surface area contributed by atoms with E-state index in [1.165, 1.54) is 27.2 Å². The van der Waals surface area contributed by atoms with Crippen molar-refractivity contribution in [3.63, 3.8) is 0 Å². The summed E-state index contributed by atoms with van der Waals surface area (Å²) >= 11 is 12.4. The second-order valence-electron chi connectivity index (χ2n) is 7.67. The SMILES string of the molecule is O=C(Nc1ccn(Cc2ccccc2F)n1)c1cc(S(=O)(=O)N2CCCCC2)c(Cl)cc1Cl. The van der Waals surface area contributed by atoms with Gasteiger partial charge in [0, 0.05) is 30.9 Å². The minimum absolute atomic E-state index is 0.0147.